The molecule has 3 N–H and O–H groups in total. The van der Waals surface area contributed by atoms with Crippen molar-refractivity contribution in [1.29, 1.82) is 0 Å². The maximum absolute atomic E-state index is 9.96. The smallest absolute Gasteiger partial charge is 0.0695 e. The topological polar surface area (TPSA) is 46.2 Å². The van der Waals surface area contributed by atoms with Gasteiger partial charge in [-0.1, -0.05) is 0 Å². The first-order chi connectivity index (χ1) is 6.78. The highest BCUT2D eigenvalue weighted by atomic mass is 16.3. The molecule has 4 rings (SSSR count). The van der Waals surface area contributed by atoms with Crippen LogP contribution in [-0.2, 0) is 0 Å². The van der Waals surface area contributed by atoms with E-state index in [1.807, 2.05) is 0 Å². The number of aliphatic hydroxyl groups excluding tert-OH is 1. The maximum Gasteiger partial charge on any atom is 0.0695 e. The highest BCUT2D eigenvalue weighted by Crippen LogP contribution is 2.57. The largest absolute Gasteiger partial charge is 0.392 e. The van der Waals surface area contributed by atoms with Gasteiger partial charge in [0.2, 0.25) is 0 Å². The summed E-state index contributed by atoms with van der Waals surface area (Å²) in [4.78, 5) is 0. The second-order valence-electron chi connectivity index (χ2n) is 5.81. The number of rotatable bonds is 2. The highest BCUT2D eigenvalue weighted by molar-refractivity contribution is 5.00. The minimum atomic E-state index is -0.218. The van der Waals surface area contributed by atoms with E-state index < -0.39 is 0 Å². The molecule has 2 heteroatoms. The average molecular weight is 195 g/mol. The van der Waals surface area contributed by atoms with Crippen LogP contribution in [0.4, 0.5) is 0 Å². The van der Waals surface area contributed by atoms with Crippen LogP contribution in [0.3, 0.4) is 0 Å². The first-order valence-electron chi connectivity index (χ1n) is 6.16. The average Bonchev–Trinajstić information content (AvgIpc) is 2.15. The molecule has 0 aliphatic heterocycles. The molecule has 4 aliphatic carbocycles. The van der Waals surface area contributed by atoms with E-state index in [-0.39, 0.29) is 6.10 Å². The van der Waals surface area contributed by atoms with E-state index in [9.17, 15) is 5.11 Å². The molecule has 4 saturated carbocycles. The van der Waals surface area contributed by atoms with Gasteiger partial charge in [-0.25, -0.2) is 0 Å². The van der Waals surface area contributed by atoms with Gasteiger partial charge in [-0.3, -0.25) is 0 Å². The lowest BCUT2D eigenvalue weighted by molar-refractivity contribution is -0.0862. The Labute approximate surface area is 85.9 Å². The lowest BCUT2D eigenvalue weighted by Gasteiger charge is -2.55. The van der Waals surface area contributed by atoms with Crippen LogP contribution >= 0.6 is 0 Å². The zero-order valence-electron chi connectivity index (χ0n) is 8.73. The summed E-state index contributed by atoms with van der Waals surface area (Å²) in [5.41, 5.74) is 5.60. The fourth-order valence-corrected chi connectivity index (χ4v) is 4.75. The van der Waals surface area contributed by atoms with Crippen LogP contribution in [0.25, 0.3) is 0 Å². The predicted octanol–water partition coefficient (Wildman–Crippen LogP) is 1.38. The predicted molar refractivity (Wildman–Crippen MR) is 55.6 cm³/mol. The summed E-state index contributed by atoms with van der Waals surface area (Å²) in [7, 11) is 0. The van der Waals surface area contributed by atoms with Gasteiger partial charge in [0.25, 0.3) is 0 Å². The van der Waals surface area contributed by atoms with Gasteiger partial charge in [-0.15, -0.1) is 0 Å². The number of hydrogen-bond donors (Lipinski definition) is 2. The molecule has 4 aliphatic rings. The number of nitrogens with two attached hydrogens (primary N) is 1. The van der Waals surface area contributed by atoms with E-state index >= 15 is 0 Å². The van der Waals surface area contributed by atoms with Crippen LogP contribution < -0.4 is 5.73 Å². The zero-order valence-corrected chi connectivity index (χ0v) is 8.73. The van der Waals surface area contributed by atoms with Crippen molar-refractivity contribution in [3.63, 3.8) is 0 Å². The standard InChI is InChI=1S/C12H21NO/c13-6-11(14)12-9-2-7-1-8(4-9)5-10(12)3-7/h7-12,14H,1-6,13H2/t7?,8?,9?,10?,11-,12?/m1/s1. The summed E-state index contributed by atoms with van der Waals surface area (Å²) in [5, 5.41) is 9.96. The highest BCUT2D eigenvalue weighted by Gasteiger charge is 2.49. The van der Waals surface area contributed by atoms with Gasteiger partial charge >= 0.3 is 0 Å². The first-order valence-corrected chi connectivity index (χ1v) is 6.16. The lowest BCUT2D eigenvalue weighted by Crippen LogP contribution is -2.50. The van der Waals surface area contributed by atoms with E-state index in [4.69, 9.17) is 5.73 Å². The van der Waals surface area contributed by atoms with E-state index in [2.05, 4.69) is 0 Å². The molecule has 4 bridgehead atoms. The molecule has 1 atom stereocenters. The lowest BCUT2D eigenvalue weighted by atomic mass is 9.51. The van der Waals surface area contributed by atoms with Crippen molar-refractivity contribution in [3.8, 4) is 0 Å². The van der Waals surface area contributed by atoms with Gasteiger partial charge in [0, 0.05) is 6.54 Å². The SMILES string of the molecule is NC[C@@H](O)C1C2CC3CC(C2)CC1C3. The summed E-state index contributed by atoms with van der Waals surface area (Å²) in [6.07, 6.45) is 6.80. The van der Waals surface area contributed by atoms with E-state index in [0.717, 1.165) is 23.7 Å². The van der Waals surface area contributed by atoms with Gasteiger partial charge < -0.3 is 10.8 Å². The third kappa shape index (κ3) is 1.24. The molecule has 0 radical (unpaired) electrons. The fourth-order valence-electron chi connectivity index (χ4n) is 4.75. The first kappa shape index (κ1) is 9.17. The third-order valence-electron chi connectivity index (χ3n) is 4.99. The second kappa shape index (κ2) is 3.21. The Morgan fingerprint density at radius 1 is 1.00 bits per heavy atom. The van der Waals surface area contributed by atoms with E-state index in [1.165, 1.54) is 32.1 Å². The molecule has 4 fully saturated rings. The molecule has 0 aromatic carbocycles. The molecule has 0 amide bonds. The summed E-state index contributed by atoms with van der Waals surface area (Å²) < 4.78 is 0. The van der Waals surface area contributed by atoms with E-state index in [1.54, 1.807) is 0 Å². The van der Waals surface area contributed by atoms with Gasteiger partial charge in [-0.05, 0) is 61.7 Å². The second-order valence-corrected chi connectivity index (χ2v) is 5.81. The molecule has 14 heavy (non-hydrogen) atoms. The van der Waals surface area contributed by atoms with Gasteiger partial charge in [0.05, 0.1) is 6.10 Å². The van der Waals surface area contributed by atoms with Crippen LogP contribution in [-0.4, -0.2) is 17.8 Å². The van der Waals surface area contributed by atoms with Crippen molar-refractivity contribution in [1.82, 2.24) is 0 Å². The normalized spacial score (nSPS) is 52.3. The van der Waals surface area contributed by atoms with Crippen LogP contribution in [0.15, 0.2) is 0 Å². The molecule has 0 unspecified atom stereocenters. The third-order valence-corrected chi connectivity index (χ3v) is 4.99. The molecule has 0 aromatic heterocycles. The van der Waals surface area contributed by atoms with Crippen molar-refractivity contribution >= 4 is 0 Å². The van der Waals surface area contributed by atoms with Crippen molar-refractivity contribution in [3.05, 3.63) is 0 Å². The van der Waals surface area contributed by atoms with E-state index in [0.29, 0.717) is 12.5 Å². The molecule has 0 aromatic rings. The molecule has 0 saturated heterocycles. The minimum Gasteiger partial charge on any atom is -0.392 e. The molecular weight excluding hydrogens is 174 g/mol. The van der Waals surface area contributed by atoms with Crippen molar-refractivity contribution < 1.29 is 5.11 Å². The Hall–Kier alpha value is -0.0800. The Bertz CT molecular complexity index is 200. The monoisotopic (exact) mass is 195 g/mol. The van der Waals surface area contributed by atoms with Crippen molar-refractivity contribution in [2.24, 2.45) is 35.3 Å². The summed E-state index contributed by atoms with van der Waals surface area (Å²) in [6, 6.07) is 0. The van der Waals surface area contributed by atoms with Crippen molar-refractivity contribution in [2.45, 2.75) is 38.2 Å². The zero-order chi connectivity index (χ0) is 9.71. The van der Waals surface area contributed by atoms with Crippen LogP contribution in [0.1, 0.15) is 32.1 Å². The Kier molecular flexibility index (Phi) is 2.10. The maximum atomic E-state index is 9.96. The fraction of sp³-hybridized carbons (Fsp3) is 1.00. The Balaban J connectivity index is 1.81. The quantitative estimate of drug-likeness (QED) is 0.699. The molecular formula is C12H21NO. The molecule has 80 valence electrons. The van der Waals surface area contributed by atoms with Crippen LogP contribution in [0, 0.1) is 29.6 Å². The number of hydrogen-bond acceptors (Lipinski definition) is 2. The van der Waals surface area contributed by atoms with Crippen molar-refractivity contribution in [2.75, 3.05) is 6.54 Å². The molecule has 0 spiro atoms. The minimum absolute atomic E-state index is 0.218. The van der Waals surface area contributed by atoms with Gasteiger partial charge in [0.15, 0.2) is 0 Å². The van der Waals surface area contributed by atoms with Gasteiger partial charge in [-0.2, -0.15) is 0 Å². The Morgan fingerprint density at radius 2 is 1.50 bits per heavy atom. The Morgan fingerprint density at radius 3 is 1.93 bits per heavy atom. The van der Waals surface area contributed by atoms with Crippen LogP contribution in [0.2, 0.25) is 0 Å². The summed E-state index contributed by atoms with van der Waals surface area (Å²) in [5.74, 6) is 4.17. The van der Waals surface area contributed by atoms with Gasteiger partial charge in [0.1, 0.15) is 0 Å². The molecule has 0 heterocycles. The number of aliphatic hydroxyl groups is 1. The van der Waals surface area contributed by atoms with Crippen LogP contribution in [0.5, 0.6) is 0 Å². The summed E-state index contributed by atoms with van der Waals surface area (Å²) >= 11 is 0. The molecule has 2 nitrogen and oxygen atoms in total. The summed E-state index contributed by atoms with van der Waals surface area (Å²) in [6.45, 7) is 0.465.